The van der Waals surface area contributed by atoms with Crippen LogP contribution in [0.15, 0.2) is 54.6 Å². The molecule has 0 N–H and O–H groups in total. The molecule has 0 saturated carbocycles. The molecular weight excluding hydrogens is 253 g/mol. The lowest BCUT2D eigenvalue weighted by molar-refractivity contribution is 0.116. The van der Waals surface area contributed by atoms with Crippen LogP contribution in [0.2, 0.25) is 0 Å². The van der Waals surface area contributed by atoms with Crippen molar-refractivity contribution in [2.75, 3.05) is 6.61 Å². The zero-order valence-electron chi connectivity index (χ0n) is 11.1. The van der Waals surface area contributed by atoms with E-state index < -0.39 is 0 Å². The van der Waals surface area contributed by atoms with Crippen molar-refractivity contribution in [3.05, 3.63) is 71.5 Å². The SMILES string of the molecule is N#C[C@H](CCOCc1ccccc1)c1cccc(F)c1. The van der Waals surface area contributed by atoms with Crippen LogP contribution < -0.4 is 0 Å². The fourth-order valence-electron chi connectivity index (χ4n) is 1.99. The number of hydrogen-bond donors (Lipinski definition) is 0. The fraction of sp³-hybridized carbons (Fsp3) is 0.235. The molecule has 1 atom stereocenters. The molecule has 0 bridgehead atoms. The maximum Gasteiger partial charge on any atom is 0.123 e. The van der Waals surface area contributed by atoms with Gasteiger partial charge in [-0.2, -0.15) is 5.26 Å². The minimum absolute atomic E-state index is 0.312. The summed E-state index contributed by atoms with van der Waals surface area (Å²) >= 11 is 0. The smallest absolute Gasteiger partial charge is 0.123 e. The lowest BCUT2D eigenvalue weighted by Crippen LogP contribution is -2.03. The predicted octanol–water partition coefficient (Wildman–Crippen LogP) is 4.04. The number of halogens is 1. The van der Waals surface area contributed by atoms with Crippen LogP contribution in [0.1, 0.15) is 23.5 Å². The number of ether oxygens (including phenoxy) is 1. The normalized spacial score (nSPS) is 11.8. The molecule has 3 heteroatoms. The molecule has 2 aromatic carbocycles. The Bertz CT molecular complexity index is 577. The molecule has 0 spiro atoms. The van der Waals surface area contributed by atoms with E-state index in [0.717, 1.165) is 5.56 Å². The van der Waals surface area contributed by atoms with Crippen molar-refractivity contribution >= 4 is 0 Å². The highest BCUT2D eigenvalue weighted by Gasteiger charge is 2.11. The molecule has 0 fully saturated rings. The molecule has 0 aromatic heterocycles. The molecule has 2 rings (SSSR count). The second kappa shape index (κ2) is 7.42. The Labute approximate surface area is 118 Å². The van der Waals surface area contributed by atoms with Crippen molar-refractivity contribution in [1.82, 2.24) is 0 Å². The average Bonchev–Trinajstić information content (AvgIpc) is 2.48. The Kier molecular flexibility index (Phi) is 5.28. The zero-order chi connectivity index (χ0) is 14.2. The summed E-state index contributed by atoms with van der Waals surface area (Å²) in [6.07, 6.45) is 0.562. The van der Waals surface area contributed by atoms with Crippen molar-refractivity contribution in [3.63, 3.8) is 0 Å². The topological polar surface area (TPSA) is 33.0 Å². The molecule has 2 nitrogen and oxygen atoms in total. The van der Waals surface area contributed by atoms with E-state index >= 15 is 0 Å². The molecular formula is C17H16FNO. The van der Waals surface area contributed by atoms with Crippen LogP contribution in [0.5, 0.6) is 0 Å². The maximum atomic E-state index is 13.1. The van der Waals surface area contributed by atoms with Crippen LogP contribution in [0.25, 0.3) is 0 Å². The highest BCUT2D eigenvalue weighted by molar-refractivity contribution is 5.25. The predicted molar refractivity (Wildman–Crippen MR) is 75.5 cm³/mol. The second-order valence-corrected chi connectivity index (χ2v) is 4.56. The first-order valence-electron chi connectivity index (χ1n) is 6.56. The molecule has 0 aliphatic heterocycles. The summed E-state index contributed by atoms with van der Waals surface area (Å²) in [7, 11) is 0. The van der Waals surface area contributed by atoms with Gasteiger partial charge in [0.1, 0.15) is 5.82 Å². The molecule has 0 heterocycles. The van der Waals surface area contributed by atoms with Gasteiger partial charge in [-0.25, -0.2) is 4.39 Å². The minimum atomic E-state index is -0.332. The third kappa shape index (κ3) is 4.18. The van der Waals surface area contributed by atoms with E-state index in [1.54, 1.807) is 12.1 Å². The lowest BCUT2D eigenvalue weighted by atomic mass is 9.98. The van der Waals surface area contributed by atoms with Gasteiger partial charge in [-0.1, -0.05) is 42.5 Å². The van der Waals surface area contributed by atoms with Gasteiger partial charge in [0.2, 0.25) is 0 Å². The van der Waals surface area contributed by atoms with Gasteiger partial charge in [0, 0.05) is 6.61 Å². The van der Waals surface area contributed by atoms with Gasteiger partial charge in [-0.15, -0.1) is 0 Å². The highest BCUT2D eigenvalue weighted by Crippen LogP contribution is 2.19. The van der Waals surface area contributed by atoms with Gasteiger partial charge in [0.15, 0.2) is 0 Å². The number of nitrogens with zero attached hydrogens (tertiary/aromatic N) is 1. The highest BCUT2D eigenvalue weighted by atomic mass is 19.1. The summed E-state index contributed by atoms with van der Waals surface area (Å²) in [6, 6.07) is 18.3. The van der Waals surface area contributed by atoms with E-state index in [1.807, 2.05) is 30.3 Å². The summed E-state index contributed by atoms with van der Waals surface area (Å²) in [5, 5.41) is 9.16. The number of hydrogen-bond acceptors (Lipinski definition) is 2. The Morgan fingerprint density at radius 3 is 2.60 bits per heavy atom. The van der Waals surface area contributed by atoms with Crippen LogP contribution in [-0.4, -0.2) is 6.61 Å². The van der Waals surface area contributed by atoms with Gasteiger partial charge < -0.3 is 4.74 Å². The average molecular weight is 269 g/mol. The van der Waals surface area contributed by atoms with Crippen LogP contribution in [0, 0.1) is 17.1 Å². The van der Waals surface area contributed by atoms with Crippen LogP contribution in [-0.2, 0) is 11.3 Å². The molecule has 0 unspecified atom stereocenters. The van der Waals surface area contributed by atoms with Crippen LogP contribution in [0.3, 0.4) is 0 Å². The largest absolute Gasteiger partial charge is 0.377 e. The number of nitriles is 1. The van der Waals surface area contributed by atoms with Crippen LogP contribution >= 0.6 is 0 Å². The first kappa shape index (κ1) is 14.2. The van der Waals surface area contributed by atoms with E-state index in [4.69, 9.17) is 10.00 Å². The lowest BCUT2D eigenvalue weighted by Gasteiger charge is -2.10. The van der Waals surface area contributed by atoms with E-state index in [1.165, 1.54) is 12.1 Å². The fourth-order valence-corrected chi connectivity index (χ4v) is 1.99. The molecule has 0 amide bonds. The summed E-state index contributed by atoms with van der Waals surface area (Å²) < 4.78 is 18.7. The summed E-state index contributed by atoms with van der Waals surface area (Å²) in [5.41, 5.74) is 1.81. The maximum absolute atomic E-state index is 13.1. The molecule has 0 radical (unpaired) electrons. The van der Waals surface area contributed by atoms with E-state index in [2.05, 4.69) is 6.07 Å². The van der Waals surface area contributed by atoms with Gasteiger partial charge in [0.25, 0.3) is 0 Å². The van der Waals surface area contributed by atoms with E-state index in [9.17, 15) is 4.39 Å². The third-order valence-corrected chi connectivity index (χ3v) is 3.07. The summed E-state index contributed by atoms with van der Waals surface area (Å²) in [5.74, 6) is -0.644. The molecule has 102 valence electrons. The van der Waals surface area contributed by atoms with Gasteiger partial charge >= 0.3 is 0 Å². The Balaban J connectivity index is 1.82. The summed E-state index contributed by atoms with van der Waals surface area (Å²) in [6.45, 7) is 1.01. The van der Waals surface area contributed by atoms with Crippen molar-refractivity contribution < 1.29 is 9.13 Å². The molecule has 0 aliphatic rings. The van der Waals surface area contributed by atoms with Crippen molar-refractivity contribution in [2.45, 2.75) is 18.9 Å². The van der Waals surface area contributed by atoms with Crippen molar-refractivity contribution in [2.24, 2.45) is 0 Å². The Morgan fingerprint density at radius 1 is 1.10 bits per heavy atom. The Morgan fingerprint density at radius 2 is 1.90 bits per heavy atom. The van der Waals surface area contributed by atoms with Gasteiger partial charge in [0.05, 0.1) is 18.6 Å². The molecule has 0 aliphatic carbocycles. The quantitative estimate of drug-likeness (QED) is 0.741. The summed E-state index contributed by atoms with van der Waals surface area (Å²) in [4.78, 5) is 0. The third-order valence-electron chi connectivity index (χ3n) is 3.07. The second-order valence-electron chi connectivity index (χ2n) is 4.56. The first-order valence-corrected chi connectivity index (χ1v) is 6.56. The van der Waals surface area contributed by atoms with Gasteiger partial charge in [-0.3, -0.25) is 0 Å². The Hall–Kier alpha value is -2.18. The van der Waals surface area contributed by atoms with Crippen LogP contribution in [0.4, 0.5) is 4.39 Å². The van der Waals surface area contributed by atoms with E-state index in [-0.39, 0.29) is 11.7 Å². The first-order chi connectivity index (χ1) is 9.79. The molecule has 0 saturated heterocycles. The van der Waals surface area contributed by atoms with Gasteiger partial charge in [-0.05, 0) is 29.7 Å². The number of rotatable bonds is 6. The molecule has 20 heavy (non-hydrogen) atoms. The van der Waals surface area contributed by atoms with Crippen molar-refractivity contribution in [1.29, 1.82) is 5.26 Å². The number of benzene rings is 2. The monoisotopic (exact) mass is 269 g/mol. The minimum Gasteiger partial charge on any atom is -0.377 e. The standard InChI is InChI=1S/C17H16FNO/c18-17-8-4-7-15(11-17)16(12-19)9-10-20-13-14-5-2-1-3-6-14/h1-8,11,16H,9-10,13H2/t16-/m0/s1. The molecule has 2 aromatic rings. The van der Waals surface area contributed by atoms with E-state index in [0.29, 0.717) is 25.2 Å². The zero-order valence-corrected chi connectivity index (χ0v) is 11.1. The van der Waals surface area contributed by atoms with Crippen molar-refractivity contribution in [3.8, 4) is 6.07 Å².